The third-order valence-corrected chi connectivity index (χ3v) is 3.35. The second-order valence-electron chi connectivity index (χ2n) is 4.98. The highest BCUT2D eigenvalue weighted by molar-refractivity contribution is 5.31. The summed E-state index contributed by atoms with van der Waals surface area (Å²) < 4.78 is 11.3. The molecule has 0 saturated heterocycles. The van der Waals surface area contributed by atoms with Crippen LogP contribution in [0.2, 0.25) is 0 Å². The normalized spacial score (nSPS) is 12.1. The molecule has 0 aliphatic carbocycles. The minimum absolute atomic E-state index is 0.222. The number of hydrogen-bond acceptors (Lipinski definition) is 5. The van der Waals surface area contributed by atoms with Crippen molar-refractivity contribution >= 4 is 0 Å². The summed E-state index contributed by atoms with van der Waals surface area (Å²) >= 11 is 0. The zero-order valence-electron chi connectivity index (χ0n) is 12.3. The summed E-state index contributed by atoms with van der Waals surface area (Å²) in [6.07, 6.45) is 0. The first kappa shape index (κ1) is 14.3. The molecule has 1 unspecified atom stereocenters. The van der Waals surface area contributed by atoms with Crippen LogP contribution in [-0.4, -0.2) is 10.2 Å². The van der Waals surface area contributed by atoms with Gasteiger partial charge in [-0.3, -0.25) is 0 Å². The van der Waals surface area contributed by atoms with Gasteiger partial charge < -0.3 is 14.9 Å². The largest absolute Gasteiger partial charge is 0.484 e. The zero-order valence-corrected chi connectivity index (χ0v) is 12.3. The van der Waals surface area contributed by atoms with Crippen molar-refractivity contribution in [3.63, 3.8) is 0 Å². The number of aromatic nitrogens is 2. The summed E-state index contributed by atoms with van der Waals surface area (Å²) in [5, 5.41) is 7.99. The van der Waals surface area contributed by atoms with Gasteiger partial charge in [-0.25, -0.2) is 0 Å². The lowest BCUT2D eigenvalue weighted by molar-refractivity contribution is 0.256. The zero-order chi connectivity index (χ0) is 15.4. The Morgan fingerprint density at radius 3 is 2.55 bits per heavy atom. The minimum atomic E-state index is -0.430. The van der Waals surface area contributed by atoms with Crippen molar-refractivity contribution in [2.75, 3.05) is 0 Å². The highest BCUT2D eigenvalue weighted by Crippen LogP contribution is 2.20. The van der Waals surface area contributed by atoms with E-state index in [-0.39, 0.29) is 6.61 Å². The molecule has 0 spiro atoms. The second kappa shape index (κ2) is 6.41. The van der Waals surface area contributed by atoms with Crippen molar-refractivity contribution in [3.05, 3.63) is 77.5 Å². The number of aryl methyl sites for hydroxylation is 1. The molecule has 3 aromatic rings. The van der Waals surface area contributed by atoms with Gasteiger partial charge in [0, 0.05) is 0 Å². The molecule has 2 aromatic carbocycles. The smallest absolute Gasteiger partial charge is 0.253 e. The molecule has 0 aliphatic heterocycles. The van der Waals surface area contributed by atoms with Gasteiger partial charge in [0.15, 0.2) is 6.61 Å². The van der Waals surface area contributed by atoms with Crippen LogP contribution in [0.4, 0.5) is 0 Å². The van der Waals surface area contributed by atoms with Crippen molar-refractivity contribution in [1.29, 1.82) is 0 Å². The topological polar surface area (TPSA) is 74.2 Å². The van der Waals surface area contributed by atoms with Crippen LogP contribution in [-0.2, 0) is 6.61 Å². The lowest BCUT2D eigenvalue weighted by Crippen LogP contribution is -2.12. The van der Waals surface area contributed by atoms with Crippen LogP contribution in [0, 0.1) is 6.92 Å². The fourth-order valence-corrected chi connectivity index (χ4v) is 2.11. The molecule has 22 heavy (non-hydrogen) atoms. The van der Waals surface area contributed by atoms with E-state index in [1.807, 2.05) is 61.5 Å². The van der Waals surface area contributed by atoms with Gasteiger partial charge in [0.05, 0.1) is 0 Å². The average Bonchev–Trinajstić information content (AvgIpc) is 3.03. The van der Waals surface area contributed by atoms with Crippen LogP contribution in [0.1, 0.15) is 29.0 Å². The van der Waals surface area contributed by atoms with Crippen LogP contribution in [0.25, 0.3) is 0 Å². The van der Waals surface area contributed by atoms with Crippen LogP contribution < -0.4 is 10.5 Å². The van der Waals surface area contributed by atoms with Gasteiger partial charge in [-0.15, -0.1) is 10.2 Å². The average molecular weight is 295 g/mol. The SMILES string of the molecule is Cc1ccccc1OCc1nnc(C(N)c2ccccc2)o1. The van der Waals surface area contributed by atoms with Gasteiger partial charge in [-0.1, -0.05) is 48.5 Å². The number of rotatable bonds is 5. The van der Waals surface area contributed by atoms with Crippen LogP contribution in [0.15, 0.2) is 59.0 Å². The Labute approximate surface area is 128 Å². The fourth-order valence-electron chi connectivity index (χ4n) is 2.11. The molecule has 0 radical (unpaired) electrons. The third kappa shape index (κ3) is 3.15. The van der Waals surface area contributed by atoms with Gasteiger partial charge in [-0.05, 0) is 24.1 Å². The summed E-state index contributed by atoms with van der Waals surface area (Å²) in [4.78, 5) is 0. The fraction of sp³-hybridized carbons (Fsp3) is 0.176. The maximum atomic E-state index is 6.12. The maximum Gasteiger partial charge on any atom is 0.253 e. The van der Waals surface area contributed by atoms with Crippen LogP contribution in [0.5, 0.6) is 5.75 Å². The summed E-state index contributed by atoms with van der Waals surface area (Å²) in [5.74, 6) is 1.59. The molecular formula is C17H17N3O2. The van der Waals surface area contributed by atoms with E-state index in [1.165, 1.54) is 0 Å². The molecular weight excluding hydrogens is 278 g/mol. The van der Waals surface area contributed by atoms with Gasteiger partial charge in [0.25, 0.3) is 5.89 Å². The van der Waals surface area contributed by atoms with Crippen LogP contribution in [0.3, 0.4) is 0 Å². The van der Waals surface area contributed by atoms with Crippen molar-refractivity contribution in [1.82, 2.24) is 10.2 Å². The van der Waals surface area contributed by atoms with E-state index in [0.29, 0.717) is 11.8 Å². The number of para-hydroxylation sites is 1. The highest BCUT2D eigenvalue weighted by Gasteiger charge is 2.16. The molecule has 1 atom stereocenters. The summed E-state index contributed by atoms with van der Waals surface area (Å²) in [7, 11) is 0. The molecule has 5 nitrogen and oxygen atoms in total. The molecule has 0 fully saturated rings. The van der Waals surface area contributed by atoms with Crippen molar-refractivity contribution in [2.24, 2.45) is 5.73 Å². The molecule has 2 N–H and O–H groups in total. The van der Waals surface area contributed by atoms with E-state index < -0.39 is 6.04 Å². The predicted molar refractivity (Wildman–Crippen MR) is 82.3 cm³/mol. The number of ether oxygens (including phenoxy) is 1. The first-order valence-electron chi connectivity index (χ1n) is 7.05. The summed E-state index contributed by atoms with van der Waals surface area (Å²) in [6, 6.07) is 17.0. The standard InChI is InChI=1S/C17H17N3O2/c1-12-7-5-6-10-14(12)21-11-15-19-20-17(22-15)16(18)13-8-3-2-4-9-13/h2-10,16H,11,18H2,1H3. The molecule has 0 aliphatic rings. The molecule has 3 rings (SSSR count). The molecule has 1 aromatic heterocycles. The maximum absolute atomic E-state index is 6.12. The molecule has 5 heteroatoms. The van der Waals surface area contributed by atoms with E-state index in [0.717, 1.165) is 16.9 Å². The molecule has 0 saturated carbocycles. The molecule has 0 amide bonds. The lowest BCUT2D eigenvalue weighted by Gasteiger charge is -2.07. The monoisotopic (exact) mass is 295 g/mol. The first-order valence-corrected chi connectivity index (χ1v) is 7.05. The predicted octanol–water partition coefficient (Wildman–Crippen LogP) is 3.01. The molecule has 0 bridgehead atoms. The number of nitrogens with two attached hydrogens (primary N) is 1. The van der Waals surface area contributed by atoms with Crippen LogP contribution >= 0.6 is 0 Å². The Balaban J connectivity index is 1.68. The van der Waals surface area contributed by atoms with E-state index >= 15 is 0 Å². The summed E-state index contributed by atoms with van der Waals surface area (Å²) in [5.41, 5.74) is 8.11. The third-order valence-electron chi connectivity index (χ3n) is 3.35. The summed E-state index contributed by atoms with van der Waals surface area (Å²) in [6.45, 7) is 2.21. The second-order valence-corrected chi connectivity index (χ2v) is 4.98. The van der Waals surface area contributed by atoms with Crippen molar-refractivity contribution < 1.29 is 9.15 Å². The quantitative estimate of drug-likeness (QED) is 0.783. The Morgan fingerprint density at radius 1 is 1.05 bits per heavy atom. The first-order chi connectivity index (χ1) is 10.7. The van der Waals surface area contributed by atoms with E-state index in [1.54, 1.807) is 0 Å². The van der Waals surface area contributed by atoms with E-state index in [2.05, 4.69) is 10.2 Å². The minimum Gasteiger partial charge on any atom is -0.484 e. The van der Waals surface area contributed by atoms with E-state index in [4.69, 9.17) is 14.9 Å². The Bertz CT molecular complexity index is 740. The van der Waals surface area contributed by atoms with E-state index in [9.17, 15) is 0 Å². The lowest BCUT2D eigenvalue weighted by atomic mass is 10.1. The van der Waals surface area contributed by atoms with Gasteiger partial charge in [-0.2, -0.15) is 0 Å². The molecule has 1 heterocycles. The Morgan fingerprint density at radius 2 is 1.77 bits per heavy atom. The van der Waals surface area contributed by atoms with Gasteiger partial charge in [0.2, 0.25) is 5.89 Å². The number of nitrogens with zero attached hydrogens (tertiary/aromatic N) is 2. The number of benzene rings is 2. The Kier molecular flexibility index (Phi) is 4.16. The van der Waals surface area contributed by atoms with Gasteiger partial charge >= 0.3 is 0 Å². The highest BCUT2D eigenvalue weighted by atomic mass is 16.5. The Hall–Kier alpha value is -2.66. The van der Waals surface area contributed by atoms with Crippen molar-refractivity contribution in [3.8, 4) is 5.75 Å². The van der Waals surface area contributed by atoms with Gasteiger partial charge in [0.1, 0.15) is 11.8 Å². The molecule has 112 valence electrons. The van der Waals surface area contributed by atoms with Crippen molar-refractivity contribution in [2.45, 2.75) is 19.6 Å². The number of hydrogen-bond donors (Lipinski definition) is 1.